The second-order valence-corrected chi connectivity index (χ2v) is 12.3. The Hall–Kier alpha value is -4.02. The highest BCUT2D eigenvalue weighted by atomic mass is 32.2. The summed E-state index contributed by atoms with van der Waals surface area (Å²) in [6.45, 7) is 1.86. The van der Waals surface area contributed by atoms with Crippen molar-refractivity contribution in [3.8, 4) is 23.0 Å². The monoisotopic (exact) mass is 554 g/mol. The molecule has 4 aromatic carbocycles. The molecule has 0 radical (unpaired) electrons. The Kier molecular flexibility index (Phi) is 7.94. The molecule has 0 saturated heterocycles. The average molecular weight is 555 g/mol. The van der Waals surface area contributed by atoms with E-state index in [2.05, 4.69) is 0 Å². The smallest absolute Gasteiger partial charge is 0.210 e. The summed E-state index contributed by atoms with van der Waals surface area (Å²) in [5.41, 5.74) is 0. The van der Waals surface area contributed by atoms with Gasteiger partial charge >= 0.3 is 0 Å². The largest absolute Gasteiger partial charge is 0.508 e. The van der Waals surface area contributed by atoms with Gasteiger partial charge in [0.05, 0.1) is 22.5 Å². The molecule has 0 spiro atoms. The van der Waals surface area contributed by atoms with E-state index in [9.17, 15) is 27.0 Å². The van der Waals surface area contributed by atoms with E-state index >= 15 is 0 Å². The van der Waals surface area contributed by atoms with Gasteiger partial charge < -0.3 is 19.7 Å². The van der Waals surface area contributed by atoms with Gasteiger partial charge in [-0.25, -0.2) is 16.8 Å². The van der Waals surface area contributed by atoms with E-state index in [0.29, 0.717) is 6.42 Å². The van der Waals surface area contributed by atoms with Crippen molar-refractivity contribution in [3.63, 3.8) is 0 Å². The molecule has 0 aliphatic heterocycles. The third-order valence-corrected chi connectivity index (χ3v) is 9.30. The zero-order valence-corrected chi connectivity index (χ0v) is 22.0. The van der Waals surface area contributed by atoms with E-state index in [1.54, 1.807) is 43.3 Å². The minimum atomic E-state index is -3.90. The van der Waals surface area contributed by atoms with Gasteiger partial charge in [-0.1, -0.05) is 24.3 Å². The summed E-state index contributed by atoms with van der Waals surface area (Å²) in [6, 6.07) is 23.0. The number of phenolic OH excluding ortho intramolecular Hbond substituents is 2. The number of sulfone groups is 2. The van der Waals surface area contributed by atoms with Gasteiger partial charge in [-0.05, 0) is 79.7 Å². The lowest BCUT2D eigenvalue weighted by Crippen LogP contribution is -2.18. The molecule has 4 rings (SSSR count). The van der Waals surface area contributed by atoms with Crippen molar-refractivity contribution >= 4 is 19.7 Å². The molecule has 0 bridgehead atoms. The van der Waals surface area contributed by atoms with Crippen LogP contribution in [0.25, 0.3) is 0 Å². The van der Waals surface area contributed by atoms with Crippen molar-refractivity contribution in [3.05, 3.63) is 97.1 Å². The molecular formula is C28H26O8S2. The SMILES string of the molecule is CC(CCOc1ccccc1S(=O)(=O)c1ccc(O)cc1)Oc1ccccc1S(=O)(=O)c1ccc(O)cc1. The fraction of sp³-hybridized carbons (Fsp3) is 0.143. The van der Waals surface area contributed by atoms with Crippen LogP contribution in [0.15, 0.2) is 117 Å². The molecule has 0 aliphatic rings. The fourth-order valence-electron chi connectivity index (χ4n) is 3.68. The summed E-state index contributed by atoms with van der Waals surface area (Å²) >= 11 is 0. The van der Waals surface area contributed by atoms with Gasteiger partial charge in [0.2, 0.25) is 19.7 Å². The van der Waals surface area contributed by atoms with Crippen LogP contribution in [0, 0.1) is 0 Å². The number of aromatic hydroxyl groups is 2. The van der Waals surface area contributed by atoms with Crippen molar-refractivity contribution < 1.29 is 36.5 Å². The topological polar surface area (TPSA) is 127 Å². The highest BCUT2D eigenvalue weighted by Gasteiger charge is 2.24. The number of hydrogen-bond acceptors (Lipinski definition) is 8. The predicted molar refractivity (Wildman–Crippen MR) is 140 cm³/mol. The van der Waals surface area contributed by atoms with Gasteiger partial charge in [0.25, 0.3) is 0 Å². The molecule has 0 amide bonds. The van der Waals surface area contributed by atoms with Crippen molar-refractivity contribution in [1.29, 1.82) is 0 Å². The molecule has 4 aromatic rings. The van der Waals surface area contributed by atoms with E-state index in [1.165, 1.54) is 60.7 Å². The summed E-state index contributed by atoms with van der Waals surface area (Å²) in [7, 11) is -7.78. The highest BCUT2D eigenvalue weighted by molar-refractivity contribution is 7.92. The van der Waals surface area contributed by atoms with Gasteiger partial charge in [-0.3, -0.25) is 0 Å². The maximum Gasteiger partial charge on any atom is 0.210 e. The second kappa shape index (κ2) is 11.2. The van der Waals surface area contributed by atoms with E-state index in [-0.39, 0.29) is 49.2 Å². The van der Waals surface area contributed by atoms with E-state index in [0.717, 1.165) is 0 Å². The highest BCUT2D eigenvalue weighted by Crippen LogP contribution is 2.32. The lowest BCUT2D eigenvalue weighted by atomic mass is 10.3. The first-order valence-electron chi connectivity index (χ1n) is 11.6. The molecule has 0 heterocycles. The van der Waals surface area contributed by atoms with E-state index in [4.69, 9.17) is 9.47 Å². The molecule has 0 aromatic heterocycles. The molecule has 8 nitrogen and oxygen atoms in total. The van der Waals surface area contributed by atoms with E-state index < -0.39 is 25.8 Å². The summed E-state index contributed by atoms with van der Waals surface area (Å²) in [4.78, 5) is 0.0247. The van der Waals surface area contributed by atoms with E-state index in [1.807, 2.05) is 0 Å². The lowest BCUT2D eigenvalue weighted by molar-refractivity contribution is 0.172. The molecule has 10 heteroatoms. The standard InChI is InChI=1S/C28H26O8S2/c1-20(36-26-7-3-5-9-28(26)38(33,34)24-16-12-22(30)13-17-24)18-19-35-25-6-2-4-8-27(25)37(31,32)23-14-10-21(29)11-15-23/h2-17,20,29-30H,18-19H2,1H3. The third kappa shape index (κ3) is 5.92. The zero-order chi connectivity index (χ0) is 27.3. The minimum Gasteiger partial charge on any atom is -0.508 e. The number of ether oxygens (including phenoxy) is 2. The van der Waals surface area contributed by atoms with Gasteiger partial charge in [0, 0.05) is 6.42 Å². The summed E-state index contributed by atoms with van der Waals surface area (Å²) in [5.74, 6) is 0.255. The van der Waals surface area contributed by atoms with Crippen molar-refractivity contribution in [1.82, 2.24) is 0 Å². The molecular weight excluding hydrogens is 528 g/mol. The normalized spacial score (nSPS) is 12.6. The van der Waals surface area contributed by atoms with Crippen LogP contribution in [0.4, 0.5) is 0 Å². The Labute approximate surface area is 221 Å². The Morgan fingerprint density at radius 2 is 1.05 bits per heavy atom. The van der Waals surface area contributed by atoms with Crippen LogP contribution in [0.1, 0.15) is 13.3 Å². The molecule has 1 unspecified atom stereocenters. The van der Waals surface area contributed by atoms with Crippen LogP contribution < -0.4 is 9.47 Å². The van der Waals surface area contributed by atoms with Crippen LogP contribution in [0.2, 0.25) is 0 Å². The molecule has 0 fully saturated rings. The van der Waals surface area contributed by atoms with Crippen LogP contribution in [-0.2, 0) is 19.7 Å². The third-order valence-electron chi connectivity index (χ3n) is 5.68. The number of hydrogen-bond donors (Lipinski definition) is 2. The van der Waals surface area contributed by atoms with Crippen LogP contribution in [-0.4, -0.2) is 39.8 Å². The number of phenols is 2. The first-order chi connectivity index (χ1) is 18.1. The van der Waals surface area contributed by atoms with Gasteiger partial charge in [-0.15, -0.1) is 0 Å². The lowest BCUT2D eigenvalue weighted by Gasteiger charge is -2.18. The predicted octanol–water partition coefficient (Wildman–Crippen LogP) is 5.00. The van der Waals surface area contributed by atoms with Crippen LogP contribution in [0.3, 0.4) is 0 Å². The first-order valence-corrected chi connectivity index (χ1v) is 14.6. The van der Waals surface area contributed by atoms with Crippen LogP contribution in [0.5, 0.6) is 23.0 Å². The maximum absolute atomic E-state index is 13.2. The summed E-state index contributed by atoms with van der Waals surface area (Å²) < 4.78 is 64.3. The molecule has 38 heavy (non-hydrogen) atoms. The Bertz CT molecular complexity index is 1610. The van der Waals surface area contributed by atoms with Crippen molar-refractivity contribution in [2.75, 3.05) is 6.61 Å². The number of para-hydroxylation sites is 2. The fourth-order valence-corrected chi connectivity index (χ4v) is 6.46. The van der Waals surface area contributed by atoms with Gasteiger partial charge in [0.15, 0.2) is 0 Å². The molecule has 1 atom stereocenters. The molecule has 0 saturated carbocycles. The maximum atomic E-state index is 13.2. The summed E-state index contributed by atoms with van der Waals surface area (Å²) in [6.07, 6.45) is -0.131. The molecule has 198 valence electrons. The van der Waals surface area contributed by atoms with Gasteiger partial charge in [-0.2, -0.15) is 0 Å². The second-order valence-electron chi connectivity index (χ2n) is 8.45. The molecule has 2 N–H and O–H groups in total. The Balaban J connectivity index is 1.46. The Morgan fingerprint density at radius 3 is 1.55 bits per heavy atom. The van der Waals surface area contributed by atoms with Gasteiger partial charge in [0.1, 0.15) is 32.8 Å². The average Bonchev–Trinajstić information content (AvgIpc) is 2.89. The molecule has 0 aliphatic carbocycles. The minimum absolute atomic E-state index is 0.00963. The summed E-state index contributed by atoms with van der Waals surface area (Å²) in [5, 5.41) is 19.0. The quantitative estimate of drug-likeness (QED) is 0.280. The van der Waals surface area contributed by atoms with Crippen molar-refractivity contribution in [2.45, 2.75) is 39.0 Å². The Morgan fingerprint density at radius 1 is 0.632 bits per heavy atom. The first kappa shape index (κ1) is 27.0. The number of rotatable bonds is 10. The number of benzene rings is 4. The van der Waals surface area contributed by atoms with Crippen LogP contribution >= 0.6 is 0 Å². The zero-order valence-electron chi connectivity index (χ0n) is 20.4. The van der Waals surface area contributed by atoms with Crippen molar-refractivity contribution in [2.24, 2.45) is 0 Å².